The Labute approximate surface area is 325 Å². The van der Waals surface area contributed by atoms with Gasteiger partial charge in [-0.05, 0) is 64.7 Å². The molecule has 0 saturated carbocycles. The third kappa shape index (κ3) is 10.4. The molecule has 4 aromatic rings. The van der Waals surface area contributed by atoms with Crippen molar-refractivity contribution in [1.29, 1.82) is 5.26 Å². The maximum atomic E-state index is 14.7. The molecule has 2 aliphatic heterocycles. The van der Waals surface area contributed by atoms with Gasteiger partial charge in [0.25, 0.3) is 0 Å². The van der Waals surface area contributed by atoms with Crippen LogP contribution in [-0.2, 0) is 33.9 Å². The Morgan fingerprint density at radius 3 is 1.95 bits per heavy atom. The molecular formula is C45H51N7O3. The van der Waals surface area contributed by atoms with Crippen LogP contribution in [0.15, 0.2) is 109 Å². The van der Waals surface area contributed by atoms with Crippen molar-refractivity contribution in [2.75, 3.05) is 76.3 Å². The molecule has 284 valence electrons. The number of piperazine rings is 2. The van der Waals surface area contributed by atoms with Crippen molar-refractivity contribution in [3.63, 3.8) is 0 Å². The molecule has 1 atom stereocenters. The summed E-state index contributed by atoms with van der Waals surface area (Å²) >= 11 is 0. The topological polar surface area (TPSA) is 94.4 Å². The van der Waals surface area contributed by atoms with Crippen molar-refractivity contribution in [1.82, 2.24) is 19.6 Å². The number of hydrogen-bond acceptors (Lipinski definition) is 7. The molecule has 2 fully saturated rings. The molecule has 2 heterocycles. The lowest BCUT2D eigenvalue weighted by Crippen LogP contribution is -2.56. The van der Waals surface area contributed by atoms with Crippen LogP contribution in [0.2, 0.25) is 0 Å². The Hall–Kier alpha value is -5.92. The molecule has 0 aliphatic carbocycles. The SMILES string of the molecule is CC(=O)N1CCN(c2ccc(CN(C(=O)C=Cc3ccc(C#N)cc3)[C@@H](Cc3ccccc3)C(=O)N3CCN(Cc4ccc(N(C)C)cc4)CC3)cc2)CC1. The van der Waals surface area contributed by atoms with Crippen molar-refractivity contribution in [2.45, 2.75) is 32.5 Å². The van der Waals surface area contributed by atoms with E-state index in [2.05, 4.69) is 57.2 Å². The van der Waals surface area contributed by atoms with Crippen molar-refractivity contribution in [3.05, 3.63) is 137 Å². The normalized spacial score (nSPS) is 15.4. The minimum absolute atomic E-state index is 0.0566. The van der Waals surface area contributed by atoms with Crippen LogP contribution in [0.4, 0.5) is 11.4 Å². The summed E-state index contributed by atoms with van der Waals surface area (Å²) in [5.41, 5.74) is 6.70. The van der Waals surface area contributed by atoms with E-state index in [1.165, 1.54) is 11.6 Å². The highest BCUT2D eigenvalue weighted by Gasteiger charge is 2.34. The number of nitrogens with zero attached hydrogens (tertiary/aromatic N) is 7. The summed E-state index contributed by atoms with van der Waals surface area (Å²) in [6, 6.07) is 35.2. The standard InChI is InChI=1S/C45H51N7O3/c1-35(53)49-27-29-50(30-28-49)42-20-15-40(16-21-42)34-52(44(54)22-17-36-9-11-38(32-46)12-10-36)43(31-37-7-5-4-6-8-37)45(55)51-25-23-48(24-26-51)33-39-13-18-41(19-14-39)47(2)3/h4-22,43H,23-31,33-34H2,1-3H3/t43-/m0/s1. The molecule has 0 N–H and O–H groups in total. The van der Waals surface area contributed by atoms with E-state index in [9.17, 15) is 19.6 Å². The number of anilines is 2. The van der Waals surface area contributed by atoms with Gasteiger partial charge in [-0.2, -0.15) is 5.26 Å². The first-order chi connectivity index (χ1) is 26.7. The van der Waals surface area contributed by atoms with Crippen molar-refractivity contribution in [2.24, 2.45) is 0 Å². The minimum Gasteiger partial charge on any atom is -0.378 e. The van der Waals surface area contributed by atoms with E-state index in [0.717, 1.165) is 60.8 Å². The zero-order valence-corrected chi connectivity index (χ0v) is 32.2. The van der Waals surface area contributed by atoms with Crippen LogP contribution >= 0.6 is 0 Å². The summed E-state index contributed by atoms with van der Waals surface area (Å²) in [7, 11) is 4.07. The minimum atomic E-state index is -0.732. The van der Waals surface area contributed by atoms with Gasteiger partial charge in [-0.3, -0.25) is 19.3 Å². The van der Waals surface area contributed by atoms with Gasteiger partial charge in [0, 0.05) is 110 Å². The molecule has 3 amide bonds. The Bertz CT molecular complexity index is 1960. The summed E-state index contributed by atoms with van der Waals surface area (Å²) in [6.45, 7) is 8.21. The van der Waals surface area contributed by atoms with Gasteiger partial charge in [-0.15, -0.1) is 0 Å². The van der Waals surface area contributed by atoms with E-state index < -0.39 is 6.04 Å². The summed E-state index contributed by atoms with van der Waals surface area (Å²) in [5, 5.41) is 9.24. The molecule has 6 rings (SSSR count). The Balaban J connectivity index is 1.23. The lowest BCUT2D eigenvalue weighted by atomic mass is 10.0. The number of amides is 3. The van der Waals surface area contributed by atoms with Gasteiger partial charge in [-0.25, -0.2) is 0 Å². The molecule has 0 aromatic heterocycles. The second-order valence-electron chi connectivity index (χ2n) is 14.6. The molecular weight excluding hydrogens is 687 g/mol. The highest BCUT2D eigenvalue weighted by molar-refractivity contribution is 5.96. The predicted molar refractivity (Wildman–Crippen MR) is 218 cm³/mol. The van der Waals surface area contributed by atoms with E-state index in [-0.39, 0.29) is 24.3 Å². The van der Waals surface area contributed by atoms with Gasteiger partial charge in [0.1, 0.15) is 6.04 Å². The molecule has 0 unspecified atom stereocenters. The average molecular weight is 738 g/mol. The van der Waals surface area contributed by atoms with Gasteiger partial charge < -0.3 is 24.5 Å². The maximum absolute atomic E-state index is 14.7. The van der Waals surface area contributed by atoms with Crippen LogP contribution in [0.1, 0.15) is 34.7 Å². The van der Waals surface area contributed by atoms with E-state index in [1.54, 1.807) is 30.0 Å². The second-order valence-corrected chi connectivity index (χ2v) is 14.6. The predicted octanol–water partition coefficient (Wildman–Crippen LogP) is 5.29. The fourth-order valence-electron chi connectivity index (χ4n) is 7.23. The van der Waals surface area contributed by atoms with Crippen LogP contribution in [-0.4, -0.2) is 110 Å². The first-order valence-electron chi connectivity index (χ1n) is 19.1. The van der Waals surface area contributed by atoms with Crippen LogP contribution in [0, 0.1) is 11.3 Å². The highest BCUT2D eigenvalue weighted by Crippen LogP contribution is 2.23. The van der Waals surface area contributed by atoms with Gasteiger partial charge in [-0.1, -0.05) is 66.7 Å². The molecule has 0 radical (unpaired) electrons. The number of benzene rings is 4. The van der Waals surface area contributed by atoms with E-state index in [1.807, 2.05) is 78.5 Å². The summed E-state index contributed by atoms with van der Waals surface area (Å²) in [5.74, 6) is -0.220. The number of nitriles is 1. The Kier molecular flexibility index (Phi) is 13.0. The molecule has 55 heavy (non-hydrogen) atoms. The highest BCUT2D eigenvalue weighted by atomic mass is 16.2. The first-order valence-corrected chi connectivity index (χ1v) is 19.1. The molecule has 4 aromatic carbocycles. The van der Waals surface area contributed by atoms with Crippen molar-refractivity contribution < 1.29 is 14.4 Å². The van der Waals surface area contributed by atoms with Crippen LogP contribution in [0.3, 0.4) is 0 Å². The number of hydrogen-bond donors (Lipinski definition) is 0. The van der Waals surface area contributed by atoms with Crippen LogP contribution in [0.25, 0.3) is 6.08 Å². The summed E-state index contributed by atoms with van der Waals surface area (Å²) < 4.78 is 0. The van der Waals surface area contributed by atoms with Gasteiger partial charge >= 0.3 is 0 Å². The smallest absolute Gasteiger partial charge is 0.247 e. The van der Waals surface area contributed by atoms with Crippen molar-refractivity contribution in [3.8, 4) is 6.07 Å². The lowest BCUT2D eigenvalue weighted by molar-refractivity contribution is -0.145. The average Bonchev–Trinajstić information content (AvgIpc) is 3.22. The summed E-state index contributed by atoms with van der Waals surface area (Å²) in [4.78, 5) is 53.2. The molecule has 2 aliphatic rings. The van der Waals surface area contributed by atoms with Gasteiger partial charge in [0.2, 0.25) is 17.7 Å². The number of rotatable bonds is 12. The van der Waals surface area contributed by atoms with Gasteiger partial charge in [0.15, 0.2) is 0 Å². The monoisotopic (exact) mass is 737 g/mol. The Morgan fingerprint density at radius 2 is 1.35 bits per heavy atom. The quantitative estimate of drug-likeness (QED) is 0.183. The van der Waals surface area contributed by atoms with Crippen LogP contribution in [0.5, 0.6) is 0 Å². The molecule has 0 spiro atoms. The largest absolute Gasteiger partial charge is 0.378 e. The molecule has 0 bridgehead atoms. The van der Waals surface area contributed by atoms with E-state index in [0.29, 0.717) is 38.2 Å². The fourth-order valence-corrected chi connectivity index (χ4v) is 7.23. The number of carbonyl (C=O) groups is 3. The zero-order valence-electron chi connectivity index (χ0n) is 32.2. The van der Waals surface area contributed by atoms with E-state index in [4.69, 9.17) is 0 Å². The molecule has 10 heteroatoms. The van der Waals surface area contributed by atoms with E-state index >= 15 is 0 Å². The van der Waals surface area contributed by atoms with Crippen molar-refractivity contribution >= 4 is 35.2 Å². The number of carbonyl (C=O) groups excluding carboxylic acids is 3. The van der Waals surface area contributed by atoms with Crippen LogP contribution < -0.4 is 9.80 Å². The third-order valence-corrected chi connectivity index (χ3v) is 10.6. The fraction of sp³-hybridized carbons (Fsp3) is 0.333. The molecule has 2 saturated heterocycles. The second kappa shape index (κ2) is 18.4. The van der Waals surface area contributed by atoms with Gasteiger partial charge in [0.05, 0.1) is 11.6 Å². The Morgan fingerprint density at radius 1 is 0.727 bits per heavy atom. The zero-order chi connectivity index (χ0) is 38.7. The maximum Gasteiger partial charge on any atom is 0.247 e. The molecule has 10 nitrogen and oxygen atoms in total. The lowest BCUT2D eigenvalue weighted by Gasteiger charge is -2.39. The first kappa shape index (κ1) is 38.8. The third-order valence-electron chi connectivity index (χ3n) is 10.6. The summed E-state index contributed by atoms with van der Waals surface area (Å²) in [6.07, 6.45) is 3.66.